The molecule has 2 nitrogen and oxygen atoms in total. The van der Waals surface area contributed by atoms with E-state index in [0.29, 0.717) is 19.1 Å². The Morgan fingerprint density at radius 2 is 1.77 bits per heavy atom. The summed E-state index contributed by atoms with van der Waals surface area (Å²) in [7, 11) is 0. The maximum atomic E-state index is 12.1. The first-order chi connectivity index (χ1) is 6.22. The third-order valence-corrected chi connectivity index (χ3v) is 1.95. The molecule has 80 valence electrons. The van der Waals surface area contributed by atoms with Crippen molar-refractivity contribution in [3.8, 4) is 0 Å². The zero-order chi connectivity index (χ0) is 10.1. The van der Waals surface area contributed by atoms with Gasteiger partial charge in [0.25, 0.3) is 0 Å². The fourth-order valence-electron chi connectivity index (χ4n) is 1.15. The normalized spacial score (nSPS) is 11.5. The molecule has 0 bridgehead atoms. The molecule has 0 radical (unpaired) electrons. The molecule has 0 aromatic carbocycles. The molecule has 0 aliphatic carbocycles. The van der Waals surface area contributed by atoms with Crippen LogP contribution in [0.4, 0.5) is 8.78 Å². The van der Waals surface area contributed by atoms with E-state index in [4.69, 9.17) is 0 Å². The van der Waals surface area contributed by atoms with Crippen LogP contribution >= 0.6 is 0 Å². The van der Waals surface area contributed by atoms with Gasteiger partial charge < -0.3 is 5.32 Å². The van der Waals surface area contributed by atoms with Gasteiger partial charge >= 0.3 is 0 Å². The Labute approximate surface area is 79.3 Å². The lowest BCUT2D eigenvalue weighted by molar-refractivity contribution is 0.203. The first kappa shape index (κ1) is 12.8. The molecule has 0 aliphatic rings. The van der Waals surface area contributed by atoms with Crippen molar-refractivity contribution >= 4 is 0 Å². The minimum atomic E-state index is -0.342. The van der Waals surface area contributed by atoms with E-state index in [1.807, 2.05) is 18.7 Å². The third kappa shape index (κ3) is 6.90. The van der Waals surface area contributed by atoms with Gasteiger partial charge in [-0.2, -0.15) is 0 Å². The number of hydrogen-bond donors (Lipinski definition) is 1. The summed E-state index contributed by atoms with van der Waals surface area (Å²) in [6.07, 6.45) is 0. The molecule has 0 aliphatic heterocycles. The molecule has 0 unspecified atom stereocenters. The van der Waals surface area contributed by atoms with Crippen LogP contribution in [0.1, 0.15) is 13.8 Å². The van der Waals surface area contributed by atoms with Crippen LogP contribution in [0.2, 0.25) is 0 Å². The number of nitrogens with one attached hydrogen (secondary N) is 1. The van der Waals surface area contributed by atoms with Crippen molar-refractivity contribution in [3.63, 3.8) is 0 Å². The molecule has 0 heterocycles. The highest BCUT2D eigenvalue weighted by molar-refractivity contribution is 4.63. The van der Waals surface area contributed by atoms with Crippen LogP contribution in [0.5, 0.6) is 0 Å². The summed E-state index contributed by atoms with van der Waals surface area (Å²) in [5.41, 5.74) is 0. The summed E-state index contributed by atoms with van der Waals surface area (Å²) >= 11 is 0. The van der Waals surface area contributed by atoms with Gasteiger partial charge in [-0.15, -0.1) is 0 Å². The lowest BCUT2D eigenvalue weighted by Gasteiger charge is -2.25. The van der Waals surface area contributed by atoms with Crippen molar-refractivity contribution in [1.29, 1.82) is 0 Å². The lowest BCUT2D eigenvalue weighted by Crippen LogP contribution is -2.38. The Bertz CT molecular complexity index is 110. The summed E-state index contributed by atoms with van der Waals surface area (Å²) in [6.45, 7) is 5.77. The second kappa shape index (κ2) is 8.38. The van der Waals surface area contributed by atoms with Gasteiger partial charge in [0.15, 0.2) is 0 Å². The maximum Gasteiger partial charge on any atom is 0.102 e. The number of hydrogen-bond acceptors (Lipinski definition) is 2. The van der Waals surface area contributed by atoms with E-state index in [1.54, 1.807) is 0 Å². The predicted octanol–water partition coefficient (Wildman–Crippen LogP) is 1.23. The number of halogens is 2. The zero-order valence-electron chi connectivity index (χ0n) is 8.52. The smallest absolute Gasteiger partial charge is 0.102 e. The molecule has 0 saturated carbocycles. The molecule has 0 atom stereocenters. The Morgan fingerprint density at radius 1 is 1.08 bits per heavy atom. The van der Waals surface area contributed by atoms with Gasteiger partial charge in [0, 0.05) is 32.2 Å². The molecule has 13 heavy (non-hydrogen) atoms. The molecule has 4 heteroatoms. The summed E-state index contributed by atoms with van der Waals surface area (Å²) in [6, 6.07) is 0.350. The Balaban J connectivity index is 3.45. The Morgan fingerprint density at radius 3 is 2.23 bits per heavy atom. The van der Waals surface area contributed by atoms with E-state index in [0.717, 1.165) is 13.1 Å². The summed E-state index contributed by atoms with van der Waals surface area (Å²) in [4.78, 5) is 2.03. The molecule has 0 spiro atoms. The summed E-state index contributed by atoms with van der Waals surface area (Å²) in [5.74, 6) is 0. The van der Waals surface area contributed by atoms with E-state index >= 15 is 0 Å². The standard InChI is InChI=1S/C9H20F2N2/c1-9(2)13(7-4-11)8-6-12-5-3-10/h9,12H,3-8H2,1-2H3. The van der Waals surface area contributed by atoms with E-state index < -0.39 is 0 Å². The Kier molecular flexibility index (Phi) is 8.24. The number of alkyl halides is 2. The molecule has 0 aromatic heterocycles. The van der Waals surface area contributed by atoms with Crippen LogP contribution in [0.3, 0.4) is 0 Å². The topological polar surface area (TPSA) is 15.3 Å². The van der Waals surface area contributed by atoms with Gasteiger partial charge in [0.1, 0.15) is 13.3 Å². The van der Waals surface area contributed by atoms with Crippen LogP contribution in [-0.4, -0.2) is 50.5 Å². The quantitative estimate of drug-likeness (QED) is 0.585. The van der Waals surface area contributed by atoms with E-state index in [2.05, 4.69) is 5.32 Å². The summed E-state index contributed by atoms with van der Waals surface area (Å²) in [5, 5.41) is 2.94. The van der Waals surface area contributed by atoms with Gasteiger partial charge in [-0.1, -0.05) is 0 Å². The van der Waals surface area contributed by atoms with Crippen LogP contribution in [0, 0.1) is 0 Å². The highest BCUT2D eigenvalue weighted by Crippen LogP contribution is 1.96. The first-order valence-corrected chi connectivity index (χ1v) is 4.79. The van der Waals surface area contributed by atoms with Crippen LogP contribution < -0.4 is 5.32 Å². The lowest BCUT2D eigenvalue weighted by atomic mass is 10.3. The average Bonchev–Trinajstić information content (AvgIpc) is 2.10. The van der Waals surface area contributed by atoms with Gasteiger partial charge in [-0.25, -0.2) is 8.78 Å². The zero-order valence-corrected chi connectivity index (χ0v) is 8.52. The van der Waals surface area contributed by atoms with E-state index in [1.165, 1.54) is 0 Å². The monoisotopic (exact) mass is 194 g/mol. The Hall–Kier alpha value is -0.220. The van der Waals surface area contributed by atoms with Crippen LogP contribution in [0.15, 0.2) is 0 Å². The van der Waals surface area contributed by atoms with Gasteiger partial charge in [0.05, 0.1) is 0 Å². The highest BCUT2D eigenvalue weighted by Gasteiger charge is 2.07. The van der Waals surface area contributed by atoms with E-state index in [-0.39, 0.29) is 13.3 Å². The van der Waals surface area contributed by atoms with Crippen molar-refractivity contribution in [1.82, 2.24) is 10.2 Å². The number of rotatable bonds is 8. The second-order valence-corrected chi connectivity index (χ2v) is 3.26. The van der Waals surface area contributed by atoms with Gasteiger partial charge in [-0.05, 0) is 13.8 Å². The third-order valence-electron chi connectivity index (χ3n) is 1.95. The molecule has 0 rings (SSSR count). The fraction of sp³-hybridized carbons (Fsp3) is 1.00. The fourth-order valence-corrected chi connectivity index (χ4v) is 1.15. The minimum Gasteiger partial charge on any atom is -0.313 e. The molecular weight excluding hydrogens is 174 g/mol. The van der Waals surface area contributed by atoms with Crippen LogP contribution in [0.25, 0.3) is 0 Å². The van der Waals surface area contributed by atoms with Gasteiger partial charge in [-0.3, -0.25) is 4.90 Å². The van der Waals surface area contributed by atoms with Crippen molar-refractivity contribution in [3.05, 3.63) is 0 Å². The highest BCUT2D eigenvalue weighted by atomic mass is 19.1. The van der Waals surface area contributed by atoms with E-state index in [9.17, 15) is 8.78 Å². The van der Waals surface area contributed by atoms with Crippen molar-refractivity contribution in [2.24, 2.45) is 0 Å². The summed E-state index contributed by atoms with van der Waals surface area (Å²) < 4.78 is 23.7. The number of nitrogens with zero attached hydrogens (tertiary/aromatic N) is 1. The van der Waals surface area contributed by atoms with Crippen molar-refractivity contribution < 1.29 is 8.78 Å². The average molecular weight is 194 g/mol. The van der Waals surface area contributed by atoms with Crippen molar-refractivity contribution in [2.75, 3.05) is 39.5 Å². The minimum absolute atomic E-state index is 0.318. The largest absolute Gasteiger partial charge is 0.313 e. The molecule has 0 fully saturated rings. The van der Waals surface area contributed by atoms with Crippen molar-refractivity contribution in [2.45, 2.75) is 19.9 Å². The van der Waals surface area contributed by atoms with Crippen LogP contribution in [-0.2, 0) is 0 Å². The molecule has 0 aromatic rings. The maximum absolute atomic E-state index is 12.1. The SMILES string of the molecule is CC(C)N(CCF)CCNCCF. The molecular formula is C9H20F2N2. The molecule has 0 saturated heterocycles. The molecule has 0 amide bonds. The predicted molar refractivity (Wildman–Crippen MR) is 51.5 cm³/mol. The van der Waals surface area contributed by atoms with Gasteiger partial charge in [0.2, 0.25) is 0 Å². The second-order valence-electron chi connectivity index (χ2n) is 3.26. The first-order valence-electron chi connectivity index (χ1n) is 4.79. The molecule has 1 N–H and O–H groups in total.